The number of hydrogen-bond acceptors (Lipinski definition) is 5. The Labute approximate surface area is 176 Å². The summed E-state index contributed by atoms with van der Waals surface area (Å²) < 4.78 is 5.43. The van der Waals surface area contributed by atoms with Crippen LogP contribution in [0.5, 0.6) is 0 Å². The smallest absolute Gasteiger partial charge is 0.228 e. The zero-order valence-electron chi connectivity index (χ0n) is 15.5. The molecular weight excluding hydrogens is 395 g/mol. The van der Waals surface area contributed by atoms with Crippen LogP contribution in [-0.4, -0.2) is 41.2 Å². The van der Waals surface area contributed by atoms with Crippen LogP contribution < -0.4 is 5.73 Å². The Morgan fingerprint density at radius 3 is 2.68 bits per heavy atom. The molecule has 0 unspecified atom stereocenters. The van der Waals surface area contributed by atoms with Crippen LogP contribution in [0.15, 0.2) is 59.1 Å². The minimum atomic E-state index is 0. The second kappa shape index (κ2) is 9.52. The summed E-state index contributed by atoms with van der Waals surface area (Å²) in [5, 5.41) is 4.75. The molecule has 148 valence electrons. The maximum absolute atomic E-state index is 6.04. The average molecular weight is 419 g/mol. The molecule has 0 aliphatic carbocycles. The van der Waals surface area contributed by atoms with Gasteiger partial charge in [0.15, 0.2) is 0 Å². The Bertz CT molecular complexity index is 887. The summed E-state index contributed by atoms with van der Waals surface area (Å²) in [6.45, 7) is 3.61. The van der Waals surface area contributed by atoms with Crippen LogP contribution in [0, 0.1) is 5.92 Å². The molecule has 5 nitrogen and oxygen atoms in total. The van der Waals surface area contributed by atoms with Gasteiger partial charge in [0.05, 0.1) is 0 Å². The van der Waals surface area contributed by atoms with E-state index in [-0.39, 0.29) is 12.4 Å². The molecule has 2 atom stereocenters. The fourth-order valence-corrected chi connectivity index (χ4v) is 4.01. The number of nitrogens with two attached hydrogens (primary N) is 1. The molecule has 2 aromatic carbocycles. The lowest BCUT2D eigenvalue weighted by atomic mass is 9.89. The van der Waals surface area contributed by atoms with Crippen LogP contribution in [0.2, 0.25) is 5.02 Å². The highest BCUT2D eigenvalue weighted by Gasteiger charge is 2.32. The second-order valence-corrected chi connectivity index (χ2v) is 7.48. The first-order chi connectivity index (χ1) is 13.2. The third kappa shape index (κ3) is 4.73. The van der Waals surface area contributed by atoms with E-state index in [0.717, 1.165) is 31.6 Å². The quantitative estimate of drug-likeness (QED) is 0.654. The second-order valence-electron chi connectivity index (χ2n) is 7.04. The number of rotatable bonds is 6. The van der Waals surface area contributed by atoms with E-state index in [2.05, 4.69) is 45.4 Å². The van der Waals surface area contributed by atoms with Gasteiger partial charge in [-0.25, -0.2) is 0 Å². The molecule has 1 aliphatic heterocycles. The van der Waals surface area contributed by atoms with Gasteiger partial charge < -0.3 is 15.2 Å². The Morgan fingerprint density at radius 2 is 1.93 bits per heavy atom. The summed E-state index contributed by atoms with van der Waals surface area (Å²) in [4.78, 5) is 6.95. The highest BCUT2D eigenvalue weighted by molar-refractivity contribution is 6.30. The van der Waals surface area contributed by atoms with Gasteiger partial charge >= 0.3 is 0 Å². The van der Waals surface area contributed by atoms with E-state index in [4.69, 9.17) is 21.9 Å². The third-order valence-corrected chi connectivity index (χ3v) is 5.48. The van der Waals surface area contributed by atoms with Gasteiger partial charge in [0.2, 0.25) is 11.7 Å². The Kier molecular flexibility index (Phi) is 7.08. The SMILES string of the molecule is Cl.NC[C@@H]1CN(CCc2nc(-c3cccc(Cl)c3)no2)C[C@H]1c1ccccc1. The summed E-state index contributed by atoms with van der Waals surface area (Å²) in [6.07, 6.45) is 0.729. The lowest BCUT2D eigenvalue weighted by Gasteiger charge is -2.16. The molecule has 0 radical (unpaired) electrons. The number of nitrogens with zero attached hydrogens (tertiary/aromatic N) is 3. The average Bonchev–Trinajstić information content (AvgIpc) is 3.34. The zero-order valence-corrected chi connectivity index (χ0v) is 17.1. The van der Waals surface area contributed by atoms with Gasteiger partial charge in [-0.1, -0.05) is 59.2 Å². The fourth-order valence-electron chi connectivity index (χ4n) is 3.81. The predicted molar refractivity (Wildman–Crippen MR) is 114 cm³/mol. The van der Waals surface area contributed by atoms with Crippen molar-refractivity contribution in [1.82, 2.24) is 15.0 Å². The Balaban J connectivity index is 0.00000225. The number of hydrogen-bond donors (Lipinski definition) is 1. The highest BCUT2D eigenvalue weighted by atomic mass is 35.5. The van der Waals surface area contributed by atoms with E-state index in [1.54, 1.807) is 0 Å². The van der Waals surface area contributed by atoms with Crippen LogP contribution >= 0.6 is 24.0 Å². The van der Waals surface area contributed by atoms with Crippen LogP contribution in [0.4, 0.5) is 0 Å². The summed E-state index contributed by atoms with van der Waals surface area (Å²) in [6, 6.07) is 18.1. The molecule has 7 heteroatoms. The first kappa shape index (κ1) is 20.8. The van der Waals surface area contributed by atoms with Crippen molar-refractivity contribution in [3.63, 3.8) is 0 Å². The number of aromatic nitrogens is 2. The van der Waals surface area contributed by atoms with E-state index < -0.39 is 0 Å². The molecule has 1 aromatic heterocycles. The summed E-state index contributed by atoms with van der Waals surface area (Å²) in [5.41, 5.74) is 8.27. The number of benzene rings is 2. The van der Waals surface area contributed by atoms with E-state index in [9.17, 15) is 0 Å². The van der Waals surface area contributed by atoms with Crippen molar-refractivity contribution < 1.29 is 4.52 Å². The maximum atomic E-state index is 6.04. The minimum Gasteiger partial charge on any atom is -0.339 e. The molecule has 1 fully saturated rings. The summed E-state index contributed by atoms with van der Waals surface area (Å²) in [7, 11) is 0. The van der Waals surface area contributed by atoms with Gasteiger partial charge in [-0.15, -0.1) is 12.4 Å². The highest BCUT2D eigenvalue weighted by Crippen LogP contribution is 2.32. The molecule has 2 N–H and O–H groups in total. The minimum absolute atomic E-state index is 0. The Morgan fingerprint density at radius 1 is 1.11 bits per heavy atom. The van der Waals surface area contributed by atoms with E-state index in [1.165, 1.54) is 5.56 Å². The van der Waals surface area contributed by atoms with E-state index in [0.29, 0.717) is 35.1 Å². The predicted octanol–water partition coefficient (Wildman–Crippen LogP) is 4.03. The fraction of sp³-hybridized carbons (Fsp3) is 0.333. The van der Waals surface area contributed by atoms with Gasteiger partial charge in [-0.3, -0.25) is 0 Å². The third-order valence-electron chi connectivity index (χ3n) is 5.24. The topological polar surface area (TPSA) is 68.2 Å². The van der Waals surface area contributed by atoms with Crippen LogP contribution in [0.3, 0.4) is 0 Å². The maximum Gasteiger partial charge on any atom is 0.228 e. The van der Waals surface area contributed by atoms with Crippen molar-refractivity contribution in [3.8, 4) is 11.4 Å². The van der Waals surface area contributed by atoms with Gasteiger partial charge in [0.25, 0.3) is 0 Å². The largest absolute Gasteiger partial charge is 0.339 e. The first-order valence-electron chi connectivity index (χ1n) is 9.29. The standard InChI is InChI=1S/C21H23ClN4O.ClH/c22-18-8-4-7-16(11-18)21-24-20(27-25-21)9-10-26-13-17(12-23)19(14-26)15-5-2-1-3-6-15;/h1-8,11,17,19H,9-10,12-14,23H2;1H/t17-,19+;/m1./s1. The summed E-state index contributed by atoms with van der Waals surface area (Å²) in [5.74, 6) is 2.20. The van der Waals surface area contributed by atoms with Crippen LogP contribution in [0.1, 0.15) is 17.4 Å². The van der Waals surface area contributed by atoms with Gasteiger partial charge in [0.1, 0.15) is 0 Å². The van der Waals surface area contributed by atoms with Crippen molar-refractivity contribution in [2.24, 2.45) is 11.7 Å². The van der Waals surface area contributed by atoms with Crippen LogP contribution in [0.25, 0.3) is 11.4 Å². The first-order valence-corrected chi connectivity index (χ1v) is 9.66. The van der Waals surface area contributed by atoms with Crippen molar-refractivity contribution in [2.45, 2.75) is 12.3 Å². The molecule has 2 heterocycles. The molecule has 0 amide bonds. The number of likely N-dealkylation sites (tertiary alicyclic amines) is 1. The molecule has 1 saturated heterocycles. The molecular formula is C21H24Cl2N4O. The monoisotopic (exact) mass is 418 g/mol. The van der Waals surface area contributed by atoms with Gasteiger partial charge in [-0.2, -0.15) is 4.98 Å². The lowest BCUT2D eigenvalue weighted by molar-refractivity contribution is 0.302. The van der Waals surface area contributed by atoms with Crippen LogP contribution in [-0.2, 0) is 6.42 Å². The summed E-state index contributed by atoms with van der Waals surface area (Å²) >= 11 is 6.04. The molecule has 0 spiro atoms. The van der Waals surface area contributed by atoms with Crippen molar-refractivity contribution in [1.29, 1.82) is 0 Å². The van der Waals surface area contributed by atoms with Crippen molar-refractivity contribution >= 4 is 24.0 Å². The van der Waals surface area contributed by atoms with Crippen molar-refractivity contribution in [3.05, 3.63) is 71.1 Å². The normalized spacial score (nSPS) is 19.5. The van der Waals surface area contributed by atoms with E-state index >= 15 is 0 Å². The lowest BCUT2D eigenvalue weighted by Crippen LogP contribution is -2.25. The van der Waals surface area contributed by atoms with Gasteiger partial charge in [-0.05, 0) is 30.2 Å². The van der Waals surface area contributed by atoms with E-state index in [1.807, 2.05) is 24.3 Å². The molecule has 4 rings (SSSR count). The number of halogens is 2. The zero-order chi connectivity index (χ0) is 18.6. The Hall–Kier alpha value is -1.92. The molecule has 0 bridgehead atoms. The molecule has 0 saturated carbocycles. The van der Waals surface area contributed by atoms with Crippen molar-refractivity contribution in [2.75, 3.05) is 26.2 Å². The molecule has 3 aromatic rings. The molecule has 1 aliphatic rings. The van der Waals surface area contributed by atoms with Gasteiger partial charge in [0, 0.05) is 42.6 Å². The molecule has 28 heavy (non-hydrogen) atoms.